The molecule has 0 aliphatic rings. The molecule has 2 heterocycles. The van der Waals surface area contributed by atoms with Crippen molar-refractivity contribution < 1.29 is 9.13 Å². The summed E-state index contributed by atoms with van der Waals surface area (Å²) in [7, 11) is 4.16. The summed E-state index contributed by atoms with van der Waals surface area (Å²) in [4.78, 5) is 9.93. The number of rotatable bonds is 10. The zero-order chi connectivity index (χ0) is 26.5. The number of hydrogen-bond donors (Lipinski definition) is 3. The van der Waals surface area contributed by atoms with Gasteiger partial charge in [0.1, 0.15) is 5.82 Å². The van der Waals surface area contributed by atoms with E-state index in [-0.39, 0.29) is 5.82 Å². The molecule has 4 N–H and O–H groups in total. The molecule has 0 spiro atoms. The summed E-state index contributed by atoms with van der Waals surface area (Å²) in [6.45, 7) is 2.25. The zero-order valence-corrected chi connectivity index (χ0v) is 21.8. The summed E-state index contributed by atoms with van der Waals surface area (Å²) in [6, 6.07) is 20.7. The number of fused-ring (bicyclic) bond motifs is 1. The van der Waals surface area contributed by atoms with Crippen molar-refractivity contribution in [3.8, 4) is 16.2 Å². The maximum absolute atomic E-state index is 13.7. The van der Waals surface area contributed by atoms with Gasteiger partial charge in [0.15, 0.2) is 0 Å². The Morgan fingerprint density at radius 2 is 1.97 bits per heavy atom. The average molecular weight is 523 g/mol. The number of nitrogens with two attached hydrogens (primary N) is 1. The number of nitrogens with one attached hydrogen (secondary N) is 2. The Balaban J connectivity index is 1.18. The van der Waals surface area contributed by atoms with Gasteiger partial charge in [0, 0.05) is 0 Å². The van der Waals surface area contributed by atoms with E-state index in [4.69, 9.17) is 10.5 Å². The van der Waals surface area contributed by atoms with Gasteiger partial charge in [-0.05, 0) is 18.6 Å². The Kier molecular flexibility index (Phi) is 7.65. The molecule has 0 aliphatic heterocycles. The van der Waals surface area contributed by atoms with Crippen LogP contribution in [-0.2, 0) is 0 Å². The van der Waals surface area contributed by atoms with Crippen LogP contribution in [0.1, 0.15) is 18.4 Å². The van der Waals surface area contributed by atoms with Crippen LogP contribution in [0.25, 0.3) is 21.3 Å². The van der Waals surface area contributed by atoms with Gasteiger partial charge in [-0.1, -0.05) is 0 Å². The fourth-order valence-electron chi connectivity index (χ4n) is 4.07. The van der Waals surface area contributed by atoms with Crippen molar-refractivity contribution in [1.82, 2.24) is 9.97 Å². The second-order valence-electron chi connectivity index (χ2n) is 8.95. The van der Waals surface area contributed by atoms with Gasteiger partial charge in [0.05, 0.1) is 0 Å². The van der Waals surface area contributed by atoms with Crippen LogP contribution < -0.4 is 21.1 Å². The number of hydrogen-bond acceptors (Lipinski definition) is 7. The summed E-state index contributed by atoms with van der Waals surface area (Å²) < 4.78 is 19.7. The van der Waals surface area contributed by atoms with Gasteiger partial charge < -0.3 is 0 Å². The maximum atomic E-state index is 13.7. The fraction of sp³-hybridized carbons (Fsp3) is 0.138. The first-order chi connectivity index (χ1) is 18.5. The minimum absolute atomic E-state index is 0.243. The minimum atomic E-state index is -0.243. The molecule has 0 fully saturated rings. The van der Waals surface area contributed by atoms with Gasteiger partial charge in [0.25, 0.3) is 0 Å². The molecule has 190 valence electrons. The predicted octanol–water partition coefficient (Wildman–Crippen LogP) is 6.43. The van der Waals surface area contributed by atoms with Gasteiger partial charge in [-0.15, -0.1) is 0 Å². The molecular weight excluding hydrogens is 496 g/mol. The number of ether oxygens (including phenoxy) is 1. The molecule has 0 saturated heterocycles. The molecule has 0 bridgehead atoms. The third kappa shape index (κ3) is 6.00. The Morgan fingerprint density at radius 1 is 1.08 bits per heavy atom. The molecule has 6 nitrogen and oxygen atoms in total. The Labute approximate surface area is 225 Å². The fourth-order valence-corrected chi connectivity index (χ4v) is 4.80. The van der Waals surface area contributed by atoms with Crippen molar-refractivity contribution in [1.29, 1.82) is 0 Å². The van der Waals surface area contributed by atoms with Crippen molar-refractivity contribution >= 4 is 58.2 Å². The van der Waals surface area contributed by atoms with E-state index in [9.17, 15) is 4.39 Å². The van der Waals surface area contributed by atoms with Gasteiger partial charge in [-0.3, -0.25) is 0 Å². The first kappa shape index (κ1) is 25.4. The van der Waals surface area contributed by atoms with Crippen LogP contribution in [0.5, 0.6) is 5.75 Å². The van der Waals surface area contributed by atoms with Crippen LogP contribution in [0.3, 0.4) is 0 Å². The molecule has 0 atom stereocenters. The first-order valence-corrected chi connectivity index (χ1v) is 13.1. The molecule has 0 aliphatic carbocycles. The second kappa shape index (κ2) is 11.4. The summed E-state index contributed by atoms with van der Waals surface area (Å²) >= 11 is 1.69. The van der Waals surface area contributed by atoms with E-state index in [1.165, 1.54) is 17.3 Å². The monoisotopic (exact) mass is 523 g/mol. The summed E-state index contributed by atoms with van der Waals surface area (Å²) in [6.07, 6.45) is 3.01. The molecule has 0 unspecified atom stereocenters. The van der Waals surface area contributed by atoms with E-state index in [0.29, 0.717) is 23.7 Å². The number of halogens is 1. The average Bonchev–Trinajstić information content (AvgIpc) is 3.45. The Bertz CT molecular complexity index is 1590. The van der Waals surface area contributed by atoms with E-state index < -0.39 is 0 Å². The van der Waals surface area contributed by atoms with E-state index in [2.05, 4.69) is 45.6 Å². The quantitative estimate of drug-likeness (QED) is 0.111. The number of nitrogen functional groups attached to an aromatic ring is 1. The van der Waals surface area contributed by atoms with Crippen LogP contribution >= 0.6 is 11.3 Å². The number of nitrogens with zero attached hydrogens (tertiary/aromatic N) is 2. The van der Waals surface area contributed by atoms with Crippen LogP contribution in [0.4, 0.5) is 27.3 Å². The topological polar surface area (TPSA) is 85.1 Å². The molecule has 9 heteroatoms. The molecule has 38 heavy (non-hydrogen) atoms. The van der Waals surface area contributed by atoms with Gasteiger partial charge in [-0.2, -0.15) is 0 Å². The van der Waals surface area contributed by atoms with Gasteiger partial charge in [0.2, 0.25) is 0 Å². The summed E-state index contributed by atoms with van der Waals surface area (Å²) in [5.41, 5.74) is 11.8. The number of aromatic nitrogens is 2. The van der Waals surface area contributed by atoms with Crippen molar-refractivity contribution in [2.24, 2.45) is 0 Å². The van der Waals surface area contributed by atoms with Gasteiger partial charge >= 0.3 is 197 Å². The van der Waals surface area contributed by atoms with Crippen LogP contribution in [0, 0.1) is 12.7 Å². The third-order valence-electron chi connectivity index (χ3n) is 6.09. The molecule has 2 aromatic heterocycles. The number of benzene rings is 3. The number of thiophene rings is 1. The van der Waals surface area contributed by atoms with E-state index in [1.807, 2.05) is 36.4 Å². The van der Waals surface area contributed by atoms with Crippen molar-refractivity contribution in [3.63, 3.8) is 0 Å². The third-order valence-corrected chi connectivity index (χ3v) is 7.01. The molecular formula is C29H27BFN5OS. The Morgan fingerprint density at radius 3 is 2.79 bits per heavy atom. The predicted molar refractivity (Wildman–Crippen MR) is 159 cm³/mol. The molecule has 0 saturated carbocycles. The van der Waals surface area contributed by atoms with E-state index in [0.717, 1.165) is 52.0 Å². The number of aryl methyl sites for hydroxylation is 1. The normalized spacial score (nSPS) is 10.9. The molecule has 0 radical (unpaired) electrons. The van der Waals surface area contributed by atoms with Crippen molar-refractivity contribution in [2.75, 3.05) is 23.0 Å². The standard InChI is InChI=1S/C29H27BFN5OS/c1-18-14-20(7-9-23(18)31)35-29-22-16-21(8-11-25(22)33-17-34-29)37-12-2-5-28(30)36-26-15-19(6-10-24(26)32)27-4-3-13-38-27/h3-4,6-11,13-17,30,36H,2,5,12,32H2,1H3,(H,33,34,35). The first-order valence-electron chi connectivity index (χ1n) is 12.3. The molecule has 5 rings (SSSR count). The Hall–Kier alpha value is -4.24. The van der Waals surface area contributed by atoms with Crippen molar-refractivity contribution in [3.05, 3.63) is 89.8 Å². The van der Waals surface area contributed by atoms with E-state index >= 15 is 0 Å². The second-order valence-corrected chi connectivity index (χ2v) is 9.90. The van der Waals surface area contributed by atoms with Crippen LogP contribution in [0.15, 0.2) is 78.4 Å². The van der Waals surface area contributed by atoms with Gasteiger partial charge in [-0.25, -0.2) is 4.39 Å². The molecule has 3 aromatic carbocycles. The number of anilines is 4. The summed E-state index contributed by atoms with van der Waals surface area (Å²) in [5.74, 6) is 1.11. The summed E-state index contributed by atoms with van der Waals surface area (Å²) in [5, 5.41) is 9.50. The van der Waals surface area contributed by atoms with E-state index in [1.54, 1.807) is 30.4 Å². The van der Waals surface area contributed by atoms with Crippen LogP contribution in [-0.4, -0.2) is 29.6 Å². The molecule has 0 amide bonds. The van der Waals surface area contributed by atoms with Crippen molar-refractivity contribution in [2.45, 2.75) is 19.8 Å². The SMILES string of the molecule is B=C(CCCOc1ccc2ncnc(Nc3ccc(F)c(C)c3)c2c1)Nc1cc(-c2cccs2)ccc1N. The molecule has 5 aromatic rings. The zero-order valence-electron chi connectivity index (χ0n) is 21.0. The van der Waals surface area contributed by atoms with Crippen LogP contribution in [0.2, 0.25) is 0 Å².